The number of ether oxygens (including phenoxy) is 5. The number of aliphatic hydroxyl groups excluding tert-OH is 10. The highest BCUT2D eigenvalue weighted by Gasteiger charge is 2.72. The van der Waals surface area contributed by atoms with Gasteiger partial charge in [0.2, 0.25) is 6.29 Å². The van der Waals surface area contributed by atoms with Crippen molar-refractivity contribution in [2.45, 2.75) is 166 Å². The zero-order chi connectivity index (χ0) is 44.1. The van der Waals surface area contributed by atoms with E-state index in [9.17, 15) is 60.7 Å². The van der Waals surface area contributed by atoms with E-state index in [4.69, 9.17) is 23.7 Å². The molecule has 17 heteroatoms. The highest BCUT2D eigenvalue weighted by Crippen LogP contribution is 2.76. The maximum absolute atomic E-state index is 14.7. The molecule has 7 rings (SSSR count). The van der Waals surface area contributed by atoms with Crippen molar-refractivity contribution in [1.29, 1.82) is 0 Å². The Morgan fingerprint density at radius 2 is 1.30 bits per heavy atom. The molecule has 60 heavy (non-hydrogen) atoms. The molecule has 6 fully saturated rings. The molecule has 5 aliphatic carbocycles. The molecule has 0 aromatic rings. The van der Waals surface area contributed by atoms with Crippen molar-refractivity contribution in [1.82, 2.24) is 0 Å². The van der Waals surface area contributed by atoms with Crippen LogP contribution in [0.25, 0.3) is 0 Å². The third kappa shape index (κ3) is 6.58. The normalized spacial score (nSPS) is 54.0. The Labute approximate surface area is 350 Å². The maximum Gasteiger partial charge on any atom is 0.315 e. The summed E-state index contributed by atoms with van der Waals surface area (Å²) in [5, 5.41) is 106. The van der Waals surface area contributed by atoms with Gasteiger partial charge < -0.3 is 74.7 Å². The molecule has 2 saturated heterocycles. The first-order valence-electron chi connectivity index (χ1n) is 21.6. The van der Waals surface area contributed by atoms with E-state index in [1.54, 1.807) is 0 Å². The molecule has 10 N–H and O–H groups in total. The number of rotatable bonds is 8. The number of esters is 2. The van der Waals surface area contributed by atoms with Crippen LogP contribution in [-0.2, 0) is 33.3 Å². The van der Waals surface area contributed by atoms with E-state index in [0.29, 0.717) is 38.5 Å². The van der Waals surface area contributed by atoms with Crippen molar-refractivity contribution in [3.05, 3.63) is 11.6 Å². The van der Waals surface area contributed by atoms with Gasteiger partial charge in [-0.25, -0.2) is 0 Å². The Bertz CT molecular complexity index is 1660. The van der Waals surface area contributed by atoms with Crippen LogP contribution in [0, 0.1) is 50.2 Å². The SMILES string of the molecule is COC(=O)[C@@]1(C)CC[C@]2(C(=O)O[C@@H]3O[C@H](CO)[C@@H](O)[C@H](O)[C@H]3O)CC[C@]3(C)C(=CC[C@@H]4[C@@]5(C)C[C@H](O)[C@H](O[C@@H]6O[C@H](CO)[C@@H](O)[C@H](O)[C@H]6O)[C@@](C)(CO)[C@@H]5CC[C@]43C)[C@@H]2C1. The van der Waals surface area contributed by atoms with Gasteiger partial charge in [0, 0.05) is 5.41 Å². The summed E-state index contributed by atoms with van der Waals surface area (Å²) in [4.78, 5) is 28.1. The van der Waals surface area contributed by atoms with Crippen LogP contribution in [-0.4, -0.2) is 164 Å². The largest absolute Gasteiger partial charge is 0.469 e. The summed E-state index contributed by atoms with van der Waals surface area (Å²) >= 11 is 0. The van der Waals surface area contributed by atoms with E-state index in [-0.39, 0.29) is 43.7 Å². The van der Waals surface area contributed by atoms with E-state index >= 15 is 0 Å². The lowest BCUT2D eigenvalue weighted by molar-refractivity contribution is -0.345. The van der Waals surface area contributed by atoms with Gasteiger partial charge in [-0.05, 0) is 98.7 Å². The zero-order valence-electron chi connectivity index (χ0n) is 35.6. The van der Waals surface area contributed by atoms with Gasteiger partial charge in [-0.3, -0.25) is 9.59 Å². The first kappa shape index (κ1) is 46.2. The van der Waals surface area contributed by atoms with Gasteiger partial charge >= 0.3 is 11.9 Å². The molecule has 2 aliphatic heterocycles. The lowest BCUT2D eigenvalue weighted by Gasteiger charge is -2.71. The van der Waals surface area contributed by atoms with Gasteiger partial charge in [-0.2, -0.15) is 0 Å². The van der Waals surface area contributed by atoms with Crippen molar-refractivity contribution in [3.8, 4) is 0 Å². The number of methoxy groups -OCH3 is 1. The van der Waals surface area contributed by atoms with Gasteiger partial charge in [0.1, 0.15) is 48.8 Å². The molecule has 2 heterocycles. The molecule has 0 aromatic heterocycles. The number of allylic oxidation sites excluding steroid dienone is 2. The van der Waals surface area contributed by atoms with E-state index in [2.05, 4.69) is 26.8 Å². The highest BCUT2D eigenvalue weighted by molar-refractivity contribution is 5.81. The lowest BCUT2D eigenvalue weighted by Crippen LogP contribution is -2.69. The van der Waals surface area contributed by atoms with Crippen molar-refractivity contribution < 1.29 is 84.3 Å². The van der Waals surface area contributed by atoms with E-state index in [0.717, 1.165) is 5.57 Å². The molecule has 342 valence electrons. The van der Waals surface area contributed by atoms with Crippen molar-refractivity contribution >= 4 is 11.9 Å². The Hall–Kier alpha value is -1.84. The fourth-order valence-electron chi connectivity index (χ4n) is 14.0. The number of fused-ring (bicyclic) bond motifs is 7. The fraction of sp³-hybridized carbons (Fsp3) is 0.907. The molecule has 0 amide bonds. The van der Waals surface area contributed by atoms with Gasteiger partial charge in [0.25, 0.3) is 0 Å². The average molecular weight is 857 g/mol. The minimum atomic E-state index is -1.78. The summed E-state index contributed by atoms with van der Waals surface area (Å²) in [7, 11) is 1.34. The minimum Gasteiger partial charge on any atom is -0.469 e. The van der Waals surface area contributed by atoms with Crippen LogP contribution in [0.15, 0.2) is 11.6 Å². The van der Waals surface area contributed by atoms with Crippen LogP contribution in [0.4, 0.5) is 0 Å². The monoisotopic (exact) mass is 856 g/mol. The Balaban J connectivity index is 1.22. The quantitative estimate of drug-likeness (QED) is 0.0830. The summed E-state index contributed by atoms with van der Waals surface area (Å²) in [6.07, 6.45) is -11.8. The Kier molecular flexibility index (Phi) is 12.3. The van der Waals surface area contributed by atoms with Crippen LogP contribution >= 0.6 is 0 Å². The van der Waals surface area contributed by atoms with Crippen molar-refractivity contribution in [2.24, 2.45) is 50.2 Å². The van der Waals surface area contributed by atoms with Gasteiger partial charge in [-0.15, -0.1) is 0 Å². The van der Waals surface area contributed by atoms with Crippen LogP contribution < -0.4 is 0 Å². The first-order chi connectivity index (χ1) is 28.1. The van der Waals surface area contributed by atoms with E-state index < -0.39 is 131 Å². The standard InChI is InChI=1S/C43H68O17/c1-38(36(54)56-6)11-13-43(37(55)60-35-32(53)30(51)28(49)24(18-45)58-35)14-12-41(4)20(21(43)15-38)7-8-26-39(2)16-22(47)33(40(3,19-46)25(39)9-10-42(26,41)5)59-34-31(52)29(50)27(48)23(17-44)57-34/h7,21-35,44-53H,8-19H2,1-6H3/t21-,22-,23+,24+,25+,26+,27+,28+,29-,30-,31+,32+,33-,34-,35-,38-,39-,40-,41+,42+,43-/m0/s1. The summed E-state index contributed by atoms with van der Waals surface area (Å²) < 4.78 is 28.8. The third-order valence-electron chi connectivity index (χ3n) is 17.7. The lowest BCUT2D eigenvalue weighted by atomic mass is 9.33. The fourth-order valence-corrected chi connectivity index (χ4v) is 14.0. The van der Waals surface area contributed by atoms with Crippen LogP contribution in [0.1, 0.15) is 92.4 Å². The van der Waals surface area contributed by atoms with Gasteiger partial charge in [-0.1, -0.05) is 39.3 Å². The predicted octanol–water partition coefficient (Wildman–Crippen LogP) is -0.587. The second-order valence-electron chi connectivity index (χ2n) is 20.6. The molecule has 0 spiro atoms. The molecule has 21 atom stereocenters. The second kappa shape index (κ2) is 16.0. The predicted molar refractivity (Wildman–Crippen MR) is 207 cm³/mol. The van der Waals surface area contributed by atoms with E-state index in [1.165, 1.54) is 7.11 Å². The molecule has 0 bridgehead atoms. The van der Waals surface area contributed by atoms with Gasteiger partial charge in [0.15, 0.2) is 6.29 Å². The average Bonchev–Trinajstić information content (AvgIpc) is 3.22. The van der Waals surface area contributed by atoms with E-state index in [1.807, 2.05) is 13.8 Å². The second-order valence-corrected chi connectivity index (χ2v) is 20.6. The number of carbonyl (C=O) groups is 2. The van der Waals surface area contributed by atoms with Crippen LogP contribution in [0.3, 0.4) is 0 Å². The highest BCUT2D eigenvalue weighted by atomic mass is 16.7. The molecule has 0 aromatic carbocycles. The number of hydrogen-bond acceptors (Lipinski definition) is 17. The summed E-state index contributed by atoms with van der Waals surface area (Å²) in [6.45, 7) is 8.65. The smallest absolute Gasteiger partial charge is 0.315 e. The summed E-state index contributed by atoms with van der Waals surface area (Å²) in [5.41, 5.74) is -3.59. The number of hydrogen-bond donors (Lipinski definition) is 10. The Morgan fingerprint density at radius 3 is 1.88 bits per heavy atom. The van der Waals surface area contributed by atoms with Crippen molar-refractivity contribution in [2.75, 3.05) is 26.9 Å². The molecule has 17 nitrogen and oxygen atoms in total. The summed E-state index contributed by atoms with van der Waals surface area (Å²) in [6, 6.07) is 0. The molecule has 0 unspecified atom stereocenters. The topological polar surface area (TPSA) is 283 Å². The van der Waals surface area contributed by atoms with Crippen LogP contribution in [0.2, 0.25) is 0 Å². The number of aliphatic hydroxyl groups is 10. The Morgan fingerprint density at radius 1 is 0.717 bits per heavy atom. The molecular formula is C43H68O17. The first-order valence-corrected chi connectivity index (χ1v) is 21.6. The minimum absolute atomic E-state index is 0.0321. The van der Waals surface area contributed by atoms with Crippen LogP contribution in [0.5, 0.6) is 0 Å². The summed E-state index contributed by atoms with van der Waals surface area (Å²) in [5.74, 6) is -1.77. The molecule has 4 saturated carbocycles. The molecule has 0 radical (unpaired) electrons. The van der Waals surface area contributed by atoms with Gasteiger partial charge in [0.05, 0.1) is 50.0 Å². The zero-order valence-corrected chi connectivity index (χ0v) is 35.6. The van der Waals surface area contributed by atoms with Crippen molar-refractivity contribution in [3.63, 3.8) is 0 Å². The molecular weight excluding hydrogens is 788 g/mol. The number of carbonyl (C=O) groups excluding carboxylic acids is 2. The third-order valence-corrected chi connectivity index (χ3v) is 17.7. The molecule has 7 aliphatic rings. The maximum atomic E-state index is 14.7.